The minimum absolute atomic E-state index is 0.101. The molecule has 8 nitrogen and oxygen atoms in total. The highest BCUT2D eigenvalue weighted by atomic mass is 32.2. The molecule has 1 fully saturated rings. The van der Waals surface area contributed by atoms with Gasteiger partial charge >= 0.3 is 6.18 Å². The second-order valence-electron chi connectivity index (χ2n) is 8.04. The van der Waals surface area contributed by atoms with Gasteiger partial charge in [0.15, 0.2) is 0 Å². The average Bonchev–Trinajstić information content (AvgIpc) is 3.08. The summed E-state index contributed by atoms with van der Waals surface area (Å²) in [6.45, 7) is 1.24. The Bertz CT molecular complexity index is 1360. The first-order chi connectivity index (χ1) is 16.1. The molecule has 3 aromatic rings. The molecule has 0 aromatic carbocycles. The number of hydrogen-bond acceptors (Lipinski definition) is 6. The molecule has 1 aliphatic carbocycles. The van der Waals surface area contributed by atoms with Gasteiger partial charge in [0, 0.05) is 17.6 Å². The maximum Gasteiger partial charge on any atom is 0.404 e. The van der Waals surface area contributed by atoms with E-state index in [4.69, 9.17) is 4.74 Å². The minimum atomic E-state index is -4.71. The average molecular weight is 494 g/mol. The number of pyridine rings is 2. The fraction of sp³-hybridized carbons (Fsp3) is 0.409. The number of aromatic nitrogens is 3. The molecule has 1 saturated carbocycles. The molecule has 0 aliphatic heterocycles. The summed E-state index contributed by atoms with van der Waals surface area (Å²) in [6.07, 6.45) is 0.201. The summed E-state index contributed by atoms with van der Waals surface area (Å²) in [5.41, 5.74) is 1.72. The van der Waals surface area contributed by atoms with Gasteiger partial charge in [-0.2, -0.15) is 23.2 Å². The number of nitriles is 1. The molecule has 0 spiro atoms. The zero-order valence-electron chi connectivity index (χ0n) is 18.4. The van der Waals surface area contributed by atoms with E-state index in [2.05, 4.69) is 16.0 Å². The van der Waals surface area contributed by atoms with E-state index in [1.807, 2.05) is 4.57 Å². The van der Waals surface area contributed by atoms with Crippen LogP contribution in [-0.4, -0.2) is 42.3 Å². The number of halogens is 3. The van der Waals surface area contributed by atoms with Crippen molar-refractivity contribution < 1.29 is 26.3 Å². The van der Waals surface area contributed by atoms with E-state index in [9.17, 15) is 26.9 Å². The van der Waals surface area contributed by atoms with Gasteiger partial charge in [0.25, 0.3) is 0 Å². The van der Waals surface area contributed by atoms with E-state index in [-0.39, 0.29) is 6.04 Å². The number of hydrogen-bond donors (Lipinski definition) is 1. The Kier molecular flexibility index (Phi) is 6.26. The van der Waals surface area contributed by atoms with Gasteiger partial charge in [0.2, 0.25) is 10.0 Å². The molecule has 1 N–H and O–H groups in total. The number of nitrogens with one attached hydrogen (secondary N) is 1. The summed E-state index contributed by atoms with van der Waals surface area (Å²) in [5, 5.41) is 10.5. The number of rotatable bonds is 7. The summed E-state index contributed by atoms with van der Waals surface area (Å²) in [4.78, 5) is 8.31. The van der Waals surface area contributed by atoms with Crippen LogP contribution in [0.15, 0.2) is 35.5 Å². The van der Waals surface area contributed by atoms with Crippen molar-refractivity contribution in [3.63, 3.8) is 0 Å². The van der Waals surface area contributed by atoms with Crippen LogP contribution in [-0.2, 0) is 10.0 Å². The first-order valence-corrected chi connectivity index (χ1v) is 12.1. The highest BCUT2D eigenvalue weighted by molar-refractivity contribution is 7.89. The maximum absolute atomic E-state index is 13.1. The van der Waals surface area contributed by atoms with Gasteiger partial charge < -0.3 is 9.30 Å². The minimum Gasteiger partial charge on any atom is -0.495 e. The summed E-state index contributed by atoms with van der Waals surface area (Å²) >= 11 is 0. The molecular formula is C22H22F3N5O3S. The zero-order valence-corrected chi connectivity index (χ0v) is 19.2. The Morgan fingerprint density at radius 2 is 2.03 bits per heavy atom. The Morgan fingerprint density at radius 1 is 1.29 bits per heavy atom. The zero-order chi connectivity index (χ0) is 24.7. The molecule has 3 heterocycles. The Hall–Kier alpha value is -3.17. The van der Waals surface area contributed by atoms with Crippen LogP contribution in [0.25, 0.3) is 22.4 Å². The first kappa shape index (κ1) is 24.0. The fourth-order valence-electron chi connectivity index (χ4n) is 3.96. The van der Waals surface area contributed by atoms with Crippen LogP contribution in [0.2, 0.25) is 0 Å². The number of alkyl halides is 3. The van der Waals surface area contributed by atoms with E-state index in [0.29, 0.717) is 33.7 Å². The molecule has 0 bridgehead atoms. The smallest absolute Gasteiger partial charge is 0.404 e. The van der Waals surface area contributed by atoms with Crippen molar-refractivity contribution in [2.24, 2.45) is 0 Å². The number of nitrogens with zero attached hydrogens (tertiary/aromatic N) is 4. The van der Waals surface area contributed by atoms with Gasteiger partial charge in [-0.1, -0.05) is 6.92 Å². The van der Waals surface area contributed by atoms with Crippen LogP contribution in [0.3, 0.4) is 0 Å². The summed E-state index contributed by atoms with van der Waals surface area (Å²) < 4.78 is 73.1. The number of fused-ring (bicyclic) bond motifs is 1. The van der Waals surface area contributed by atoms with Gasteiger partial charge in [-0.15, -0.1) is 0 Å². The topological polar surface area (TPSA) is 110 Å². The van der Waals surface area contributed by atoms with Crippen LogP contribution < -0.4 is 9.46 Å². The van der Waals surface area contributed by atoms with Crippen LogP contribution in [0.1, 0.15) is 44.2 Å². The molecule has 12 heteroatoms. The number of methoxy groups -OCH3 is 1. The first-order valence-electron chi connectivity index (χ1n) is 10.6. The van der Waals surface area contributed by atoms with E-state index in [0.717, 1.165) is 25.5 Å². The van der Waals surface area contributed by atoms with E-state index in [1.165, 1.54) is 26.2 Å². The molecule has 34 heavy (non-hydrogen) atoms. The van der Waals surface area contributed by atoms with E-state index < -0.39 is 33.6 Å². The maximum atomic E-state index is 13.1. The second-order valence-corrected chi connectivity index (χ2v) is 9.75. The highest BCUT2D eigenvalue weighted by Crippen LogP contribution is 2.42. The van der Waals surface area contributed by atoms with Gasteiger partial charge in [-0.05, 0) is 43.9 Å². The largest absolute Gasteiger partial charge is 0.495 e. The number of sulfonamides is 1. The molecule has 1 aliphatic rings. The van der Waals surface area contributed by atoms with Crippen molar-refractivity contribution in [2.75, 3.05) is 7.11 Å². The van der Waals surface area contributed by atoms with Gasteiger partial charge in [0.1, 0.15) is 28.4 Å². The van der Waals surface area contributed by atoms with Crippen LogP contribution >= 0.6 is 0 Å². The standard InChI is InChI=1S/C22H22F3N5O3S/c1-3-19(22(23,24)25)29-34(31,32)15-7-8-18(27-12-15)20-17(10-26)16-9-14(33-2)11-28-21(16)30(20)13-5-4-6-13/h7-9,11-13,19,29H,3-6H2,1-2H3. The lowest BCUT2D eigenvalue weighted by atomic mass is 9.92. The summed E-state index contributed by atoms with van der Waals surface area (Å²) in [5.74, 6) is 0.483. The fourth-order valence-corrected chi connectivity index (χ4v) is 5.21. The Labute approximate surface area is 194 Å². The van der Waals surface area contributed by atoms with Crippen LogP contribution in [0.4, 0.5) is 13.2 Å². The van der Waals surface area contributed by atoms with Crippen molar-refractivity contribution in [1.82, 2.24) is 19.3 Å². The van der Waals surface area contributed by atoms with Crippen molar-refractivity contribution >= 4 is 21.1 Å². The van der Waals surface area contributed by atoms with Crippen molar-refractivity contribution in [3.05, 3.63) is 36.2 Å². The Morgan fingerprint density at radius 3 is 2.53 bits per heavy atom. The molecule has 1 unspecified atom stereocenters. The lowest BCUT2D eigenvalue weighted by Crippen LogP contribution is -2.44. The normalized spacial score (nSPS) is 15.6. The molecule has 1 atom stereocenters. The predicted octanol–water partition coefficient (Wildman–Crippen LogP) is 4.32. The summed E-state index contributed by atoms with van der Waals surface area (Å²) in [7, 11) is -2.96. The monoisotopic (exact) mass is 493 g/mol. The highest BCUT2D eigenvalue weighted by Gasteiger charge is 2.41. The van der Waals surface area contributed by atoms with Crippen molar-refractivity contribution in [2.45, 2.75) is 55.8 Å². The third-order valence-corrected chi connectivity index (χ3v) is 7.45. The lowest BCUT2D eigenvalue weighted by molar-refractivity contribution is -0.151. The Balaban J connectivity index is 1.79. The molecule has 0 saturated heterocycles. The van der Waals surface area contributed by atoms with Gasteiger partial charge in [-0.3, -0.25) is 4.98 Å². The molecule has 4 rings (SSSR count). The van der Waals surface area contributed by atoms with Gasteiger partial charge in [0.05, 0.1) is 30.3 Å². The third-order valence-electron chi connectivity index (χ3n) is 5.99. The van der Waals surface area contributed by atoms with Crippen molar-refractivity contribution in [3.8, 4) is 23.2 Å². The lowest BCUT2D eigenvalue weighted by Gasteiger charge is -2.29. The molecule has 0 amide bonds. The molecular weight excluding hydrogens is 471 g/mol. The summed E-state index contributed by atoms with van der Waals surface area (Å²) in [6, 6.07) is 4.38. The van der Waals surface area contributed by atoms with Gasteiger partial charge in [-0.25, -0.2) is 13.4 Å². The van der Waals surface area contributed by atoms with Crippen molar-refractivity contribution in [1.29, 1.82) is 5.26 Å². The van der Waals surface area contributed by atoms with Crippen LogP contribution in [0.5, 0.6) is 5.75 Å². The van der Waals surface area contributed by atoms with Crippen LogP contribution in [0, 0.1) is 11.3 Å². The third kappa shape index (κ3) is 4.21. The number of ether oxygens (including phenoxy) is 1. The molecule has 0 radical (unpaired) electrons. The predicted molar refractivity (Wildman–Crippen MR) is 118 cm³/mol. The molecule has 3 aromatic heterocycles. The molecule has 180 valence electrons. The SMILES string of the molecule is CCC(NS(=O)(=O)c1ccc(-c2c(C#N)c3cc(OC)cnc3n2C2CCC2)nc1)C(F)(F)F. The van der Waals surface area contributed by atoms with E-state index >= 15 is 0 Å². The van der Waals surface area contributed by atoms with E-state index in [1.54, 1.807) is 17.0 Å². The second kappa shape index (κ2) is 8.88. The quantitative estimate of drug-likeness (QED) is 0.525.